The molecule has 0 radical (unpaired) electrons. The van der Waals surface area contributed by atoms with Crippen molar-refractivity contribution in [3.8, 4) is 11.4 Å². The lowest BCUT2D eigenvalue weighted by molar-refractivity contribution is -0.720. The van der Waals surface area contributed by atoms with E-state index in [1.54, 1.807) is 0 Å². The highest BCUT2D eigenvalue weighted by molar-refractivity contribution is 7.80. The molecule has 0 bridgehead atoms. The van der Waals surface area contributed by atoms with Gasteiger partial charge in [-0.1, -0.05) is 12.6 Å². The number of thiol groups is 1. The van der Waals surface area contributed by atoms with Crippen LogP contribution in [0, 0.1) is 0 Å². The molecule has 0 aliphatic rings. The third kappa shape index (κ3) is 2.61. The minimum absolute atomic E-state index is 0.713. The molecule has 102 valence electrons. The average Bonchev–Trinajstić information content (AvgIpc) is 2.66. The smallest absolute Gasteiger partial charge is 0.311 e. The maximum atomic E-state index is 4.34. The maximum Gasteiger partial charge on any atom is 0.311 e. The molecule has 4 nitrogen and oxygen atoms in total. The molecule has 0 spiro atoms. The number of anilines is 1. The molecule has 0 fully saturated rings. The van der Waals surface area contributed by atoms with E-state index in [4.69, 9.17) is 0 Å². The van der Waals surface area contributed by atoms with Gasteiger partial charge < -0.3 is 4.90 Å². The summed E-state index contributed by atoms with van der Waals surface area (Å²) in [7, 11) is 3.91. The van der Waals surface area contributed by atoms with Gasteiger partial charge in [-0.15, -0.1) is 4.68 Å². The summed E-state index contributed by atoms with van der Waals surface area (Å²) in [5.74, 6) is 1.05. The van der Waals surface area contributed by atoms with E-state index in [0.717, 1.165) is 24.5 Å². The molecule has 1 aromatic carbocycles. The summed E-state index contributed by atoms with van der Waals surface area (Å²) in [4.78, 5) is 2.33. The second-order valence-corrected chi connectivity index (χ2v) is 4.93. The van der Waals surface area contributed by atoms with Crippen molar-refractivity contribution in [1.82, 2.24) is 9.67 Å². The Hall–Kier alpha value is -1.49. The molecule has 1 heterocycles. The Balaban J connectivity index is 2.37. The Morgan fingerprint density at radius 2 is 1.79 bits per heavy atom. The third-order valence-corrected chi connectivity index (χ3v) is 3.81. The van der Waals surface area contributed by atoms with Gasteiger partial charge >= 0.3 is 5.82 Å². The summed E-state index contributed by atoms with van der Waals surface area (Å²) in [6.45, 7) is 6.39. The Bertz CT molecular complexity index is 556. The van der Waals surface area contributed by atoms with Crippen molar-refractivity contribution in [2.75, 3.05) is 18.0 Å². The number of hydrogen-bond acceptors (Lipinski definition) is 3. The number of aryl methyl sites for hydroxylation is 1. The van der Waals surface area contributed by atoms with E-state index >= 15 is 0 Å². The van der Waals surface area contributed by atoms with Gasteiger partial charge in [-0.25, -0.2) is 4.57 Å². The quantitative estimate of drug-likeness (QED) is 0.683. The highest BCUT2D eigenvalue weighted by Gasteiger charge is 2.20. The van der Waals surface area contributed by atoms with E-state index < -0.39 is 0 Å². The van der Waals surface area contributed by atoms with Crippen LogP contribution < -0.4 is 9.58 Å². The van der Waals surface area contributed by atoms with Crippen molar-refractivity contribution >= 4 is 18.3 Å². The van der Waals surface area contributed by atoms with Crippen molar-refractivity contribution in [2.24, 2.45) is 14.1 Å². The van der Waals surface area contributed by atoms with E-state index in [2.05, 4.69) is 60.7 Å². The Labute approximate surface area is 120 Å². The van der Waals surface area contributed by atoms with Crippen LogP contribution in [0.1, 0.15) is 13.8 Å². The summed E-state index contributed by atoms with van der Waals surface area (Å²) < 4.78 is 3.84. The van der Waals surface area contributed by atoms with Crippen molar-refractivity contribution in [1.29, 1.82) is 0 Å². The summed E-state index contributed by atoms with van der Waals surface area (Å²) in [5, 5.41) is 5.02. The van der Waals surface area contributed by atoms with Crippen molar-refractivity contribution in [2.45, 2.75) is 19.0 Å². The molecule has 19 heavy (non-hydrogen) atoms. The molecule has 0 aliphatic heterocycles. The second-order valence-electron chi connectivity index (χ2n) is 4.53. The van der Waals surface area contributed by atoms with Crippen LogP contribution in [0.25, 0.3) is 11.4 Å². The first kappa shape index (κ1) is 13.9. The molecule has 0 N–H and O–H groups in total. The lowest BCUT2D eigenvalue weighted by Gasteiger charge is -2.20. The molecule has 0 atom stereocenters. The summed E-state index contributed by atoms with van der Waals surface area (Å²) in [5.41, 5.74) is 2.40. The molecule has 0 saturated carbocycles. The fraction of sp³-hybridized carbons (Fsp3) is 0.429. The van der Waals surface area contributed by atoms with Crippen LogP contribution in [0.4, 0.5) is 5.69 Å². The summed E-state index contributed by atoms with van der Waals surface area (Å²) in [6, 6.07) is 8.59. The molecule has 0 saturated heterocycles. The van der Waals surface area contributed by atoms with Gasteiger partial charge in [-0.2, -0.15) is 0 Å². The van der Waals surface area contributed by atoms with Crippen molar-refractivity contribution in [3.05, 3.63) is 24.3 Å². The van der Waals surface area contributed by atoms with Crippen LogP contribution in [0.2, 0.25) is 0 Å². The zero-order valence-electron chi connectivity index (χ0n) is 12.0. The SMILES string of the molecule is CCN(CC)c1ccc(-c2n(C)c(S)n[n+]2C)cc1. The van der Waals surface area contributed by atoms with Crippen LogP contribution >= 0.6 is 12.6 Å². The first-order chi connectivity index (χ1) is 9.08. The van der Waals surface area contributed by atoms with Crippen molar-refractivity contribution in [3.63, 3.8) is 0 Å². The van der Waals surface area contributed by atoms with Crippen LogP contribution in [-0.2, 0) is 14.1 Å². The fourth-order valence-electron chi connectivity index (χ4n) is 2.35. The fourth-order valence-corrected chi connectivity index (χ4v) is 2.58. The molecule has 1 aromatic heterocycles. The molecule has 0 amide bonds. The highest BCUT2D eigenvalue weighted by Crippen LogP contribution is 2.21. The van der Waals surface area contributed by atoms with E-state index in [1.807, 2.05) is 23.3 Å². The molecule has 0 aliphatic carbocycles. The van der Waals surface area contributed by atoms with Gasteiger partial charge in [0.15, 0.2) is 0 Å². The highest BCUT2D eigenvalue weighted by atomic mass is 32.1. The van der Waals surface area contributed by atoms with Gasteiger partial charge in [-0.3, -0.25) is 0 Å². The Kier molecular flexibility index (Phi) is 4.14. The third-order valence-electron chi connectivity index (χ3n) is 3.42. The molecule has 0 unspecified atom stereocenters. The number of hydrogen-bond donors (Lipinski definition) is 1. The van der Waals surface area contributed by atoms with Crippen LogP contribution in [-0.4, -0.2) is 22.8 Å². The second kappa shape index (κ2) is 5.65. The lowest BCUT2D eigenvalue weighted by Crippen LogP contribution is -2.32. The van der Waals surface area contributed by atoms with E-state index in [-0.39, 0.29) is 0 Å². The maximum absolute atomic E-state index is 4.34. The van der Waals surface area contributed by atoms with Crippen LogP contribution in [0.15, 0.2) is 29.4 Å². The zero-order chi connectivity index (χ0) is 14.0. The van der Waals surface area contributed by atoms with E-state index in [9.17, 15) is 0 Å². The van der Waals surface area contributed by atoms with Crippen LogP contribution in [0.5, 0.6) is 0 Å². The zero-order valence-corrected chi connectivity index (χ0v) is 12.9. The first-order valence-corrected chi connectivity index (χ1v) is 7.00. The molecule has 5 heteroatoms. The predicted octanol–water partition coefficient (Wildman–Crippen LogP) is 2.05. The molecule has 2 aromatic rings. The number of nitrogens with zero attached hydrogens (tertiary/aromatic N) is 4. The average molecular weight is 277 g/mol. The molecular weight excluding hydrogens is 256 g/mol. The van der Waals surface area contributed by atoms with Gasteiger partial charge in [0.1, 0.15) is 7.05 Å². The minimum Gasteiger partial charge on any atom is -0.372 e. The van der Waals surface area contributed by atoms with Gasteiger partial charge in [0.25, 0.3) is 5.16 Å². The Morgan fingerprint density at radius 3 is 2.21 bits per heavy atom. The van der Waals surface area contributed by atoms with Gasteiger partial charge in [0.2, 0.25) is 0 Å². The van der Waals surface area contributed by atoms with E-state index in [1.165, 1.54) is 5.69 Å². The monoisotopic (exact) mass is 277 g/mol. The number of rotatable bonds is 4. The first-order valence-electron chi connectivity index (χ1n) is 6.55. The summed E-state index contributed by atoms with van der Waals surface area (Å²) in [6.07, 6.45) is 0. The van der Waals surface area contributed by atoms with Crippen LogP contribution in [0.3, 0.4) is 0 Å². The number of aromatic nitrogens is 3. The largest absolute Gasteiger partial charge is 0.372 e. The minimum atomic E-state index is 0.713. The Morgan fingerprint density at radius 1 is 1.21 bits per heavy atom. The topological polar surface area (TPSA) is 24.9 Å². The van der Waals surface area contributed by atoms with Gasteiger partial charge in [0, 0.05) is 18.8 Å². The normalized spacial score (nSPS) is 10.8. The standard InChI is InChI=1S/C14H20N4S/c1-5-18(6-2)12-9-7-11(8-10-12)13-16(3)14(19)15-17(13)4/h7-10H,5-6H2,1-4H3/p+1. The van der Waals surface area contributed by atoms with E-state index in [0.29, 0.717) is 5.16 Å². The van der Waals surface area contributed by atoms with Gasteiger partial charge in [-0.05, 0) is 43.2 Å². The summed E-state index contributed by atoms with van der Waals surface area (Å²) >= 11 is 4.34. The van der Waals surface area contributed by atoms with Crippen molar-refractivity contribution < 1.29 is 4.68 Å². The molecular formula is C14H21N4S+. The number of benzene rings is 1. The van der Waals surface area contributed by atoms with Gasteiger partial charge in [0.05, 0.1) is 12.6 Å². The molecule has 2 rings (SSSR count). The predicted molar refractivity (Wildman–Crippen MR) is 80.6 cm³/mol. The lowest BCUT2D eigenvalue weighted by atomic mass is 10.2.